The Hall–Kier alpha value is -1.22. The second-order valence-electron chi connectivity index (χ2n) is 4.08. The van der Waals surface area contributed by atoms with Gasteiger partial charge in [0.05, 0.1) is 13.2 Å². The topological polar surface area (TPSA) is 30.5 Å². The zero-order valence-electron chi connectivity index (χ0n) is 10.7. The first kappa shape index (κ1) is 12.8. The molecule has 0 saturated carbocycles. The summed E-state index contributed by atoms with van der Waals surface area (Å²) in [5, 5.41) is 3.21. The van der Waals surface area contributed by atoms with Crippen LogP contribution in [0.2, 0.25) is 0 Å². The molecule has 0 bridgehead atoms. The second-order valence-corrected chi connectivity index (χ2v) is 4.08. The summed E-state index contributed by atoms with van der Waals surface area (Å²) in [4.78, 5) is 0. The quantitative estimate of drug-likeness (QED) is 0.832. The summed E-state index contributed by atoms with van der Waals surface area (Å²) in [6.45, 7) is 6.15. The van der Waals surface area contributed by atoms with Crippen LogP contribution in [0.25, 0.3) is 0 Å². The van der Waals surface area contributed by atoms with Gasteiger partial charge in [-0.3, -0.25) is 0 Å². The van der Waals surface area contributed by atoms with E-state index in [2.05, 4.69) is 12.2 Å². The summed E-state index contributed by atoms with van der Waals surface area (Å²) >= 11 is 0. The zero-order valence-corrected chi connectivity index (χ0v) is 10.7. The molecule has 3 heteroatoms. The molecule has 1 aromatic rings. The minimum Gasteiger partial charge on any atom is -0.497 e. The second kappa shape index (κ2) is 5.75. The number of methoxy groups -OCH3 is 1. The summed E-state index contributed by atoms with van der Waals surface area (Å²) in [6, 6.07) is 6.19. The minimum absolute atomic E-state index is 0.162. The Morgan fingerprint density at radius 2 is 1.88 bits per heavy atom. The SMILES string of the molecule is CNC(C)c1ccc(OC)cc1OC(C)C. The Kier molecular flexibility index (Phi) is 4.62. The standard InChI is InChI=1S/C13H21NO2/c1-9(2)16-13-8-11(15-5)6-7-12(13)10(3)14-4/h6-10,14H,1-5H3. The average Bonchev–Trinajstić information content (AvgIpc) is 2.27. The van der Waals surface area contributed by atoms with Crippen LogP contribution in [0.15, 0.2) is 18.2 Å². The van der Waals surface area contributed by atoms with Crippen LogP contribution in [0.4, 0.5) is 0 Å². The predicted octanol–water partition coefficient (Wildman–Crippen LogP) is 2.76. The van der Waals surface area contributed by atoms with Gasteiger partial charge in [-0.1, -0.05) is 6.07 Å². The molecule has 0 aromatic heterocycles. The van der Waals surface area contributed by atoms with Crippen LogP contribution in [0, 0.1) is 0 Å². The van der Waals surface area contributed by atoms with Crippen LogP contribution in [-0.4, -0.2) is 20.3 Å². The molecule has 0 amide bonds. The van der Waals surface area contributed by atoms with Crippen molar-refractivity contribution < 1.29 is 9.47 Å². The first-order valence-corrected chi connectivity index (χ1v) is 5.60. The van der Waals surface area contributed by atoms with Crippen molar-refractivity contribution in [3.8, 4) is 11.5 Å². The maximum absolute atomic E-state index is 5.79. The van der Waals surface area contributed by atoms with Crippen molar-refractivity contribution in [2.24, 2.45) is 0 Å². The van der Waals surface area contributed by atoms with Crippen molar-refractivity contribution in [3.63, 3.8) is 0 Å². The molecule has 0 aliphatic rings. The van der Waals surface area contributed by atoms with Gasteiger partial charge in [-0.2, -0.15) is 0 Å². The Morgan fingerprint density at radius 1 is 1.19 bits per heavy atom. The maximum atomic E-state index is 5.79. The molecule has 1 aromatic carbocycles. The van der Waals surface area contributed by atoms with E-state index in [4.69, 9.17) is 9.47 Å². The fourth-order valence-electron chi connectivity index (χ4n) is 1.51. The molecule has 0 radical (unpaired) electrons. The lowest BCUT2D eigenvalue weighted by Gasteiger charge is -2.19. The van der Waals surface area contributed by atoms with Crippen molar-refractivity contribution in [2.75, 3.05) is 14.2 Å². The summed E-state index contributed by atoms with van der Waals surface area (Å²) in [5.74, 6) is 1.71. The van der Waals surface area contributed by atoms with E-state index in [1.165, 1.54) is 0 Å². The highest BCUT2D eigenvalue weighted by molar-refractivity contribution is 5.42. The molecular formula is C13H21NO2. The number of nitrogens with one attached hydrogen (secondary N) is 1. The first-order valence-electron chi connectivity index (χ1n) is 5.60. The molecule has 0 heterocycles. The molecule has 1 rings (SSSR count). The van der Waals surface area contributed by atoms with Crippen LogP contribution < -0.4 is 14.8 Å². The monoisotopic (exact) mass is 223 g/mol. The van der Waals surface area contributed by atoms with Gasteiger partial charge in [0.1, 0.15) is 11.5 Å². The van der Waals surface area contributed by atoms with E-state index in [1.807, 2.05) is 39.1 Å². The van der Waals surface area contributed by atoms with Crippen molar-refractivity contribution in [1.82, 2.24) is 5.32 Å². The normalized spacial score (nSPS) is 12.6. The number of rotatable bonds is 5. The van der Waals surface area contributed by atoms with E-state index in [1.54, 1.807) is 7.11 Å². The Balaban J connectivity index is 3.05. The zero-order chi connectivity index (χ0) is 12.1. The van der Waals surface area contributed by atoms with Crippen LogP contribution in [0.3, 0.4) is 0 Å². The third-order valence-corrected chi connectivity index (χ3v) is 2.48. The van der Waals surface area contributed by atoms with Gasteiger partial charge in [0.25, 0.3) is 0 Å². The molecule has 90 valence electrons. The van der Waals surface area contributed by atoms with Gasteiger partial charge in [0.2, 0.25) is 0 Å². The van der Waals surface area contributed by atoms with E-state index < -0.39 is 0 Å². The lowest BCUT2D eigenvalue weighted by Crippen LogP contribution is -2.15. The van der Waals surface area contributed by atoms with Crippen molar-refractivity contribution in [2.45, 2.75) is 32.9 Å². The molecular weight excluding hydrogens is 202 g/mol. The molecule has 1 unspecified atom stereocenters. The van der Waals surface area contributed by atoms with Crippen LogP contribution in [-0.2, 0) is 0 Å². The van der Waals surface area contributed by atoms with Gasteiger partial charge in [0.15, 0.2) is 0 Å². The number of hydrogen-bond donors (Lipinski definition) is 1. The van der Waals surface area contributed by atoms with Crippen molar-refractivity contribution >= 4 is 0 Å². The highest BCUT2D eigenvalue weighted by Crippen LogP contribution is 2.30. The molecule has 0 aliphatic heterocycles. The van der Waals surface area contributed by atoms with Gasteiger partial charge in [-0.05, 0) is 33.9 Å². The van der Waals surface area contributed by atoms with Gasteiger partial charge >= 0.3 is 0 Å². The summed E-state index contributed by atoms with van der Waals surface area (Å²) in [6.07, 6.45) is 0.162. The lowest BCUT2D eigenvalue weighted by atomic mass is 10.1. The Bertz CT molecular complexity index is 337. The van der Waals surface area contributed by atoms with E-state index in [-0.39, 0.29) is 12.1 Å². The largest absolute Gasteiger partial charge is 0.497 e. The fraction of sp³-hybridized carbons (Fsp3) is 0.538. The Morgan fingerprint density at radius 3 is 2.38 bits per heavy atom. The van der Waals surface area contributed by atoms with Gasteiger partial charge in [-0.25, -0.2) is 0 Å². The summed E-state index contributed by atoms with van der Waals surface area (Å²) in [5.41, 5.74) is 1.15. The van der Waals surface area contributed by atoms with E-state index >= 15 is 0 Å². The van der Waals surface area contributed by atoms with Gasteiger partial charge < -0.3 is 14.8 Å². The van der Waals surface area contributed by atoms with Crippen molar-refractivity contribution in [1.29, 1.82) is 0 Å². The van der Waals surface area contributed by atoms with Crippen LogP contribution >= 0.6 is 0 Å². The Labute approximate surface area is 97.8 Å². The van der Waals surface area contributed by atoms with Gasteiger partial charge in [0, 0.05) is 17.7 Å². The number of benzene rings is 1. The third-order valence-electron chi connectivity index (χ3n) is 2.48. The summed E-state index contributed by atoms with van der Waals surface area (Å²) in [7, 11) is 3.60. The highest BCUT2D eigenvalue weighted by atomic mass is 16.5. The molecule has 1 N–H and O–H groups in total. The van der Waals surface area contributed by atoms with Crippen LogP contribution in [0.1, 0.15) is 32.4 Å². The van der Waals surface area contributed by atoms with Crippen molar-refractivity contribution in [3.05, 3.63) is 23.8 Å². The van der Waals surface area contributed by atoms with Gasteiger partial charge in [-0.15, -0.1) is 0 Å². The predicted molar refractivity (Wildman–Crippen MR) is 66.2 cm³/mol. The van der Waals surface area contributed by atoms with E-state index in [0.29, 0.717) is 0 Å². The molecule has 0 saturated heterocycles. The molecule has 3 nitrogen and oxygen atoms in total. The van der Waals surface area contributed by atoms with E-state index in [0.717, 1.165) is 17.1 Å². The van der Waals surface area contributed by atoms with E-state index in [9.17, 15) is 0 Å². The molecule has 0 fully saturated rings. The minimum atomic E-state index is 0.162. The fourth-order valence-corrected chi connectivity index (χ4v) is 1.51. The first-order chi connectivity index (χ1) is 7.58. The number of ether oxygens (including phenoxy) is 2. The average molecular weight is 223 g/mol. The molecule has 0 aliphatic carbocycles. The smallest absolute Gasteiger partial charge is 0.128 e. The van der Waals surface area contributed by atoms with Crippen LogP contribution in [0.5, 0.6) is 11.5 Å². The highest BCUT2D eigenvalue weighted by Gasteiger charge is 2.12. The molecule has 0 spiro atoms. The summed E-state index contributed by atoms with van der Waals surface area (Å²) < 4.78 is 11.0. The lowest BCUT2D eigenvalue weighted by molar-refractivity contribution is 0.237. The third kappa shape index (κ3) is 3.14. The molecule has 16 heavy (non-hydrogen) atoms. The molecule has 1 atom stereocenters. The maximum Gasteiger partial charge on any atom is 0.128 e. The number of hydrogen-bond acceptors (Lipinski definition) is 3.